The highest BCUT2D eigenvalue weighted by Crippen LogP contribution is 2.19. The standard InChI is InChI=1S/C21H23N7O/c1-16-5-7-17(8-6-16)25-21(29)28-12-10-27(11-13-28)20-14-19(23-15-24-20)26-18-4-2-3-9-22-18/h2-9,14-15H,10-13H2,1H3,(H,25,29)(H,22,23,24,26). The molecular weight excluding hydrogens is 366 g/mol. The molecule has 1 aliphatic heterocycles. The van der Waals surface area contributed by atoms with Crippen LogP contribution in [0.3, 0.4) is 0 Å². The molecule has 0 saturated carbocycles. The molecule has 0 atom stereocenters. The van der Waals surface area contributed by atoms with Crippen LogP contribution in [0.5, 0.6) is 0 Å². The lowest BCUT2D eigenvalue weighted by Gasteiger charge is -2.35. The van der Waals surface area contributed by atoms with E-state index in [1.165, 1.54) is 11.9 Å². The van der Waals surface area contributed by atoms with Crippen LogP contribution in [0.1, 0.15) is 5.56 Å². The van der Waals surface area contributed by atoms with E-state index in [0.29, 0.717) is 32.0 Å². The highest BCUT2D eigenvalue weighted by molar-refractivity contribution is 5.89. The molecule has 1 fully saturated rings. The van der Waals surface area contributed by atoms with Gasteiger partial charge in [0, 0.05) is 44.1 Å². The van der Waals surface area contributed by atoms with Crippen LogP contribution in [0.4, 0.5) is 27.9 Å². The normalized spacial score (nSPS) is 13.8. The number of nitrogens with one attached hydrogen (secondary N) is 2. The number of carbonyl (C=O) groups is 1. The lowest BCUT2D eigenvalue weighted by Crippen LogP contribution is -2.50. The van der Waals surface area contributed by atoms with Crippen LogP contribution in [0.15, 0.2) is 61.1 Å². The third-order valence-electron chi connectivity index (χ3n) is 4.77. The van der Waals surface area contributed by atoms with Crippen LogP contribution in [0, 0.1) is 6.92 Å². The molecule has 148 valence electrons. The van der Waals surface area contributed by atoms with Crippen molar-refractivity contribution in [1.82, 2.24) is 19.9 Å². The Bertz CT molecular complexity index is 954. The molecule has 1 aromatic carbocycles. The summed E-state index contributed by atoms with van der Waals surface area (Å²) in [5.74, 6) is 2.25. The molecule has 3 aromatic rings. The van der Waals surface area contributed by atoms with Crippen molar-refractivity contribution in [2.24, 2.45) is 0 Å². The fourth-order valence-corrected chi connectivity index (χ4v) is 3.13. The minimum absolute atomic E-state index is 0.0753. The van der Waals surface area contributed by atoms with Crippen LogP contribution in [0.25, 0.3) is 0 Å². The van der Waals surface area contributed by atoms with Gasteiger partial charge in [0.25, 0.3) is 0 Å². The van der Waals surface area contributed by atoms with Gasteiger partial charge in [-0.2, -0.15) is 0 Å². The van der Waals surface area contributed by atoms with Gasteiger partial charge in [0.15, 0.2) is 0 Å². The zero-order valence-electron chi connectivity index (χ0n) is 16.2. The highest BCUT2D eigenvalue weighted by atomic mass is 16.2. The van der Waals surface area contributed by atoms with E-state index in [2.05, 4.69) is 30.5 Å². The molecule has 8 nitrogen and oxygen atoms in total. The Hall–Kier alpha value is -3.68. The molecule has 0 radical (unpaired) electrons. The zero-order chi connectivity index (χ0) is 20.1. The summed E-state index contributed by atoms with van der Waals surface area (Å²) in [6.45, 7) is 4.70. The van der Waals surface area contributed by atoms with Crippen molar-refractivity contribution in [3.05, 3.63) is 66.6 Å². The van der Waals surface area contributed by atoms with Gasteiger partial charge in [0.05, 0.1) is 0 Å². The van der Waals surface area contributed by atoms with E-state index in [0.717, 1.165) is 17.3 Å². The lowest BCUT2D eigenvalue weighted by atomic mass is 10.2. The summed E-state index contributed by atoms with van der Waals surface area (Å²) >= 11 is 0. The van der Waals surface area contributed by atoms with E-state index in [1.807, 2.05) is 60.4 Å². The molecule has 8 heteroatoms. The maximum atomic E-state index is 12.5. The Labute approximate surface area is 169 Å². The molecule has 4 rings (SSSR count). The average molecular weight is 389 g/mol. The first-order chi connectivity index (χ1) is 14.2. The van der Waals surface area contributed by atoms with Crippen molar-refractivity contribution in [3.8, 4) is 0 Å². The Morgan fingerprint density at radius 3 is 2.45 bits per heavy atom. The monoisotopic (exact) mass is 389 g/mol. The van der Waals surface area contributed by atoms with E-state index >= 15 is 0 Å². The van der Waals surface area contributed by atoms with E-state index in [9.17, 15) is 4.79 Å². The number of piperazine rings is 1. The van der Waals surface area contributed by atoms with Gasteiger partial charge >= 0.3 is 6.03 Å². The van der Waals surface area contributed by atoms with Crippen LogP contribution >= 0.6 is 0 Å². The van der Waals surface area contributed by atoms with Gasteiger partial charge in [-0.05, 0) is 31.2 Å². The highest BCUT2D eigenvalue weighted by Gasteiger charge is 2.22. The summed E-state index contributed by atoms with van der Waals surface area (Å²) in [6, 6.07) is 15.3. The number of pyridine rings is 1. The maximum Gasteiger partial charge on any atom is 0.321 e. The van der Waals surface area contributed by atoms with Gasteiger partial charge in [0.2, 0.25) is 0 Å². The van der Waals surface area contributed by atoms with E-state index in [-0.39, 0.29) is 6.03 Å². The van der Waals surface area contributed by atoms with Crippen LogP contribution in [-0.4, -0.2) is 52.1 Å². The van der Waals surface area contributed by atoms with Crippen molar-refractivity contribution < 1.29 is 4.79 Å². The number of hydrogen-bond donors (Lipinski definition) is 2. The SMILES string of the molecule is Cc1ccc(NC(=O)N2CCN(c3cc(Nc4ccccn4)ncn3)CC2)cc1. The average Bonchev–Trinajstić information content (AvgIpc) is 2.76. The molecule has 2 N–H and O–H groups in total. The number of rotatable bonds is 4. The van der Waals surface area contributed by atoms with Crippen LogP contribution in [-0.2, 0) is 0 Å². The van der Waals surface area contributed by atoms with E-state index < -0.39 is 0 Å². The Morgan fingerprint density at radius 2 is 1.72 bits per heavy atom. The predicted molar refractivity (Wildman–Crippen MR) is 114 cm³/mol. The van der Waals surface area contributed by atoms with Crippen molar-refractivity contribution in [1.29, 1.82) is 0 Å². The van der Waals surface area contributed by atoms with Gasteiger partial charge in [-0.15, -0.1) is 0 Å². The first kappa shape index (κ1) is 18.7. The van der Waals surface area contributed by atoms with Crippen molar-refractivity contribution in [2.75, 3.05) is 41.7 Å². The molecule has 0 unspecified atom stereocenters. The van der Waals surface area contributed by atoms with E-state index in [4.69, 9.17) is 0 Å². The predicted octanol–water partition coefficient (Wildman–Crippen LogP) is 3.28. The number of nitrogens with zero attached hydrogens (tertiary/aromatic N) is 5. The van der Waals surface area contributed by atoms with Gasteiger partial charge in [-0.25, -0.2) is 19.7 Å². The Balaban J connectivity index is 1.34. The van der Waals surface area contributed by atoms with Crippen LogP contribution in [0.2, 0.25) is 0 Å². The molecule has 1 aliphatic rings. The minimum atomic E-state index is -0.0753. The van der Waals surface area contributed by atoms with Gasteiger partial charge in [-0.3, -0.25) is 0 Å². The van der Waals surface area contributed by atoms with Gasteiger partial charge in [-0.1, -0.05) is 23.8 Å². The topological polar surface area (TPSA) is 86.3 Å². The number of amides is 2. The summed E-state index contributed by atoms with van der Waals surface area (Å²) in [5.41, 5.74) is 1.97. The second kappa shape index (κ2) is 8.55. The number of benzene rings is 1. The van der Waals surface area contributed by atoms with Gasteiger partial charge < -0.3 is 20.4 Å². The lowest BCUT2D eigenvalue weighted by molar-refractivity contribution is 0.208. The molecular formula is C21H23N7O. The quantitative estimate of drug-likeness (QED) is 0.712. The molecule has 1 saturated heterocycles. The number of aryl methyl sites for hydroxylation is 1. The first-order valence-corrected chi connectivity index (χ1v) is 9.55. The summed E-state index contributed by atoms with van der Waals surface area (Å²) in [6.07, 6.45) is 3.27. The van der Waals surface area contributed by atoms with E-state index in [1.54, 1.807) is 6.20 Å². The Morgan fingerprint density at radius 1 is 0.931 bits per heavy atom. The fraction of sp³-hybridized carbons (Fsp3) is 0.238. The number of anilines is 4. The van der Waals surface area contributed by atoms with Crippen molar-refractivity contribution >= 4 is 29.2 Å². The van der Waals surface area contributed by atoms with Crippen molar-refractivity contribution in [2.45, 2.75) is 6.92 Å². The van der Waals surface area contributed by atoms with Crippen molar-refractivity contribution in [3.63, 3.8) is 0 Å². The minimum Gasteiger partial charge on any atom is -0.353 e. The number of carbonyl (C=O) groups excluding carboxylic acids is 1. The first-order valence-electron chi connectivity index (χ1n) is 9.55. The summed E-state index contributed by atoms with van der Waals surface area (Å²) in [4.78, 5) is 29.4. The van der Waals surface area contributed by atoms with Gasteiger partial charge in [0.1, 0.15) is 23.8 Å². The molecule has 29 heavy (non-hydrogen) atoms. The summed E-state index contributed by atoms with van der Waals surface area (Å²) in [7, 11) is 0. The second-order valence-corrected chi connectivity index (χ2v) is 6.87. The molecule has 2 aromatic heterocycles. The molecule has 0 spiro atoms. The smallest absolute Gasteiger partial charge is 0.321 e. The number of hydrogen-bond acceptors (Lipinski definition) is 6. The largest absolute Gasteiger partial charge is 0.353 e. The number of aromatic nitrogens is 3. The molecule has 3 heterocycles. The molecule has 2 amide bonds. The number of urea groups is 1. The molecule has 0 bridgehead atoms. The fourth-order valence-electron chi connectivity index (χ4n) is 3.13. The van der Waals surface area contributed by atoms with Crippen LogP contribution < -0.4 is 15.5 Å². The summed E-state index contributed by atoms with van der Waals surface area (Å²) in [5, 5.41) is 6.13. The second-order valence-electron chi connectivity index (χ2n) is 6.87. The molecule has 0 aliphatic carbocycles. The Kier molecular flexibility index (Phi) is 5.51. The summed E-state index contributed by atoms with van der Waals surface area (Å²) < 4.78 is 0. The third-order valence-corrected chi connectivity index (χ3v) is 4.77. The third kappa shape index (κ3) is 4.78. The zero-order valence-corrected chi connectivity index (χ0v) is 16.2. The maximum absolute atomic E-state index is 12.5.